The van der Waals surface area contributed by atoms with E-state index in [1.54, 1.807) is 18.2 Å². The van der Waals surface area contributed by atoms with Gasteiger partial charge in [-0.1, -0.05) is 27.7 Å². The summed E-state index contributed by atoms with van der Waals surface area (Å²) in [5, 5.41) is 0.624. The molecule has 1 heterocycles. The summed E-state index contributed by atoms with van der Waals surface area (Å²) in [6.45, 7) is 8.31. The number of H-pyrrole nitrogens is 1. The zero-order chi connectivity index (χ0) is 15.6. The molecule has 0 saturated heterocycles. The van der Waals surface area contributed by atoms with Gasteiger partial charge in [0.2, 0.25) is 10.0 Å². The Morgan fingerprint density at radius 2 is 1.81 bits per heavy atom. The van der Waals surface area contributed by atoms with E-state index < -0.39 is 10.0 Å². The smallest absolute Gasteiger partial charge is 0.242 e. The van der Waals surface area contributed by atoms with E-state index in [0.29, 0.717) is 11.1 Å². The van der Waals surface area contributed by atoms with Crippen LogP contribution >= 0.6 is 0 Å². The summed E-state index contributed by atoms with van der Waals surface area (Å²) in [5.41, 5.74) is 6.97. The molecule has 0 bridgehead atoms. The Bertz CT molecular complexity index is 805. The SMILES string of the molecule is CC1(C)C(NS(=O)(=O)c2c[nH]c3ccc(N)cc23)C1(C)C. The molecule has 5 nitrogen and oxygen atoms in total. The summed E-state index contributed by atoms with van der Waals surface area (Å²) in [4.78, 5) is 3.23. The van der Waals surface area contributed by atoms with E-state index in [-0.39, 0.29) is 21.8 Å². The topological polar surface area (TPSA) is 88.0 Å². The van der Waals surface area contributed by atoms with Crippen LogP contribution in [0.2, 0.25) is 0 Å². The summed E-state index contributed by atoms with van der Waals surface area (Å²) >= 11 is 0. The molecule has 1 aliphatic carbocycles. The molecule has 3 rings (SSSR count). The lowest BCUT2D eigenvalue weighted by Crippen LogP contribution is -2.29. The lowest BCUT2D eigenvalue weighted by Gasteiger charge is -2.07. The minimum atomic E-state index is -3.58. The van der Waals surface area contributed by atoms with Crippen LogP contribution < -0.4 is 10.5 Å². The van der Waals surface area contributed by atoms with Crippen molar-refractivity contribution >= 4 is 26.6 Å². The van der Waals surface area contributed by atoms with Crippen molar-refractivity contribution in [2.45, 2.75) is 38.6 Å². The van der Waals surface area contributed by atoms with Gasteiger partial charge in [0, 0.05) is 28.8 Å². The number of nitrogen functional groups attached to an aromatic ring is 1. The number of nitrogens with one attached hydrogen (secondary N) is 2. The summed E-state index contributed by atoms with van der Waals surface area (Å²) in [6.07, 6.45) is 1.52. The number of rotatable bonds is 3. The highest BCUT2D eigenvalue weighted by Gasteiger charge is 2.66. The minimum absolute atomic E-state index is 0.0504. The number of benzene rings is 1. The molecular weight excluding hydrogens is 286 g/mol. The monoisotopic (exact) mass is 307 g/mol. The molecule has 1 aromatic heterocycles. The van der Waals surface area contributed by atoms with Crippen LogP contribution in [-0.4, -0.2) is 19.4 Å². The molecule has 0 aliphatic heterocycles. The van der Waals surface area contributed by atoms with Crippen LogP contribution in [0.1, 0.15) is 27.7 Å². The van der Waals surface area contributed by atoms with E-state index in [9.17, 15) is 8.42 Å². The number of hydrogen-bond donors (Lipinski definition) is 3. The summed E-state index contributed by atoms with van der Waals surface area (Å²) in [5.74, 6) is 0. The summed E-state index contributed by atoms with van der Waals surface area (Å²) in [6, 6.07) is 5.15. The number of nitrogens with two attached hydrogens (primary N) is 1. The van der Waals surface area contributed by atoms with Gasteiger partial charge >= 0.3 is 0 Å². The van der Waals surface area contributed by atoms with Gasteiger partial charge in [0.15, 0.2) is 0 Å². The van der Waals surface area contributed by atoms with Gasteiger partial charge in [0.25, 0.3) is 0 Å². The number of aromatic nitrogens is 1. The third-order valence-corrected chi connectivity index (χ3v) is 6.71. The molecule has 1 saturated carbocycles. The summed E-state index contributed by atoms with van der Waals surface area (Å²) in [7, 11) is -3.58. The summed E-state index contributed by atoms with van der Waals surface area (Å²) < 4.78 is 28.2. The van der Waals surface area contributed by atoms with Crippen molar-refractivity contribution < 1.29 is 8.42 Å². The molecule has 1 aromatic carbocycles. The van der Waals surface area contributed by atoms with Crippen molar-refractivity contribution in [1.29, 1.82) is 0 Å². The first-order valence-corrected chi connectivity index (χ1v) is 8.44. The second-order valence-electron chi connectivity index (χ2n) is 6.96. The fourth-order valence-corrected chi connectivity index (χ4v) is 4.74. The lowest BCUT2D eigenvalue weighted by molar-refractivity contribution is 0.457. The van der Waals surface area contributed by atoms with Gasteiger partial charge in [-0.3, -0.25) is 0 Å². The van der Waals surface area contributed by atoms with E-state index in [4.69, 9.17) is 5.73 Å². The molecule has 0 atom stereocenters. The second kappa shape index (κ2) is 4.01. The Morgan fingerprint density at radius 1 is 1.19 bits per heavy atom. The van der Waals surface area contributed by atoms with Crippen molar-refractivity contribution in [3.05, 3.63) is 24.4 Å². The van der Waals surface area contributed by atoms with Gasteiger partial charge in [-0.05, 0) is 29.0 Å². The standard InChI is InChI=1S/C15H21N3O2S/c1-14(2)13(15(14,3)4)18-21(19,20)12-8-17-11-6-5-9(16)7-10(11)12/h5-8,13,17-18H,16H2,1-4H3. The molecule has 21 heavy (non-hydrogen) atoms. The Labute approximate surface area is 125 Å². The van der Waals surface area contributed by atoms with Crippen molar-refractivity contribution in [3.8, 4) is 0 Å². The minimum Gasteiger partial charge on any atom is -0.399 e. The Hall–Kier alpha value is -1.53. The Balaban J connectivity index is 2.00. The molecule has 0 radical (unpaired) electrons. The molecule has 6 heteroatoms. The van der Waals surface area contributed by atoms with Gasteiger partial charge in [-0.25, -0.2) is 13.1 Å². The first-order valence-electron chi connectivity index (χ1n) is 6.96. The molecule has 0 amide bonds. The van der Waals surface area contributed by atoms with E-state index in [2.05, 4.69) is 37.4 Å². The number of aromatic amines is 1. The second-order valence-corrected chi connectivity index (χ2v) is 8.64. The van der Waals surface area contributed by atoms with E-state index >= 15 is 0 Å². The van der Waals surface area contributed by atoms with Gasteiger partial charge in [-0.2, -0.15) is 0 Å². The number of sulfonamides is 1. The normalized spacial score (nSPS) is 20.8. The highest BCUT2D eigenvalue weighted by molar-refractivity contribution is 7.89. The number of anilines is 1. The van der Waals surface area contributed by atoms with Crippen LogP contribution in [0.5, 0.6) is 0 Å². The Morgan fingerprint density at radius 3 is 2.38 bits per heavy atom. The van der Waals surface area contributed by atoms with Crippen LogP contribution in [0.25, 0.3) is 10.9 Å². The highest BCUT2D eigenvalue weighted by Crippen LogP contribution is 2.63. The van der Waals surface area contributed by atoms with E-state index in [0.717, 1.165) is 5.52 Å². The van der Waals surface area contributed by atoms with E-state index in [1.807, 2.05) is 0 Å². The fraction of sp³-hybridized carbons (Fsp3) is 0.467. The van der Waals surface area contributed by atoms with Gasteiger partial charge in [0.05, 0.1) is 0 Å². The van der Waals surface area contributed by atoms with Crippen LogP contribution in [0, 0.1) is 10.8 Å². The first kappa shape index (κ1) is 14.4. The molecule has 0 spiro atoms. The molecule has 1 aliphatic rings. The largest absolute Gasteiger partial charge is 0.399 e. The molecule has 114 valence electrons. The molecule has 0 unspecified atom stereocenters. The zero-order valence-electron chi connectivity index (χ0n) is 12.7. The quantitative estimate of drug-likeness (QED) is 0.761. The average molecular weight is 307 g/mol. The van der Waals surface area contributed by atoms with Crippen molar-refractivity contribution in [2.24, 2.45) is 10.8 Å². The zero-order valence-corrected chi connectivity index (χ0v) is 13.5. The molecule has 4 N–H and O–H groups in total. The maximum Gasteiger partial charge on any atom is 0.242 e. The van der Waals surface area contributed by atoms with Crippen LogP contribution in [0.3, 0.4) is 0 Å². The highest BCUT2D eigenvalue weighted by atomic mass is 32.2. The van der Waals surface area contributed by atoms with Crippen LogP contribution in [0.4, 0.5) is 5.69 Å². The van der Waals surface area contributed by atoms with Crippen LogP contribution in [0.15, 0.2) is 29.3 Å². The molecule has 1 fully saturated rings. The van der Waals surface area contributed by atoms with Crippen molar-refractivity contribution in [3.63, 3.8) is 0 Å². The molecular formula is C15H21N3O2S. The lowest BCUT2D eigenvalue weighted by atomic mass is 10.0. The Kier molecular flexibility index (Phi) is 2.75. The van der Waals surface area contributed by atoms with Crippen LogP contribution in [-0.2, 0) is 10.0 Å². The van der Waals surface area contributed by atoms with Crippen molar-refractivity contribution in [2.75, 3.05) is 5.73 Å². The third-order valence-electron chi connectivity index (χ3n) is 5.25. The average Bonchev–Trinajstić information content (AvgIpc) is 2.71. The van der Waals surface area contributed by atoms with E-state index in [1.165, 1.54) is 6.20 Å². The maximum atomic E-state index is 12.7. The third kappa shape index (κ3) is 1.97. The first-order chi connectivity index (χ1) is 9.57. The van der Waals surface area contributed by atoms with Gasteiger partial charge in [-0.15, -0.1) is 0 Å². The maximum absolute atomic E-state index is 12.7. The van der Waals surface area contributed by atoms with Gasteiger partial charge in [0.1, 0.15) is 4.90 Å². The predicted molar refractivity (Wildman–Crippen MR) is 84.4 cm³/mol. The number of hydrogen-bond acceptors (Lipinski definition) is 3. The predicted octanol–water partition coefficient (Wildman–Crippen LogP) is 2.46. The molecule has 2 aromatic rings. The van der Waals surface area contributed by atoms with Crippen molar-refractivity contribution in [1.82, 2.24) is 9.71 Å². The number of fused-ring (bicyclic) bond motifs is 1. The fourth-order valence-electron chi connectivity index (χ4n) is 3.04. The van der Waals surface area contributed by atoms with Gasteiger partial charge < -0.3 is 10.7 Å².